The van der Waals surface area contributed by atoms with Gasteiger partial charge in [-0.25, -0.2) is 17.1 Å². The van der Waals surface area contributed by atoms with Crippen LogP contribution in [0.5, 0.6) is 0 Å². The van der Waals surface area contributed by atoms with Crippen LogP contribution < -0.4 is 10.6 Å². The van der Waals surface area contributed by atoms with E-state index in [1.807, 2.05) is 18.2 Å². The first-order valence-electron chi connectivity index (χ1n) is 12.2. The largest absolute Gasteiger partial charge is 0.351 e. The third-order valence-electron chi connectivity index (χ3n) is 6.86. The third kappa shape index (κ3) is 6.67. The second-order valence-electron chi connectivity index (χ2n) is 9.43. The van der Waals surface area contributed by atoms with Gasteiger partial charge in [0.15, 0.2) is 0 Å². The van der Waals surface area contributed by atoms with Gasteiger partial charge in [-0.3, -0.25) is 9.59 Å². The maximum Gasteiger partial charge on any atom is 0.251 e. The van der Waals surface area contributed by atoms with Crippen LogP contribution in [-0.4, -0.2) is 49.7 Å². The van der Waals surface area contributed by atoms with Gasteiger partial charge in [0.2, 0.25) is 15.9 Å². The summed E-state index contributed by atoms with van der Waals surface area (Å²) in [4.78, 5) is 25.8. The average molecular weight is 502 g/mol. The number of carbonyl (C=O) groups is 2. The van der Waals surface area contributed by atoms with Crippen LogP contribution >= 0.6 is 0 Å². The standard InChI is InChI=1S/C26H32FN3O4S/c27-22-14-12-20(13-15-22)25(31)28-23-10-4-5-11-24(23)29-26(32)21-9-6-16-30(17-21)35(33,34)18-19-7-2-1-3-8-19/h1-3,7-8,12-15,21,23-24H,4-6,9-11,16-18H2,(H,28,31)(H,29,32)/t21-,23+,24+/m0/s1. The van der Waals surface area contributed by atoms with Crippen LogP contribution in [0.1, 0.15) is 54.4 Å². The lowest BCUT2D eigenvalue weighted by atomic mass is 9.89. The number of halogens is 1. The predicted octanol–water partition coefficient (Wildman–Crippen LogP) is 3.22. The number of nitrogens with zero attached hydrogens (tertiary/aromatic N) is 1. The first-order valence-corrected chi connectivity index (χ1v) is 13.8. The maximum atomic E-state index is 13.2. The minimum Gasteiger partial charge on any atom is -0.351 e. The van der Waals surface area contributed by atoms with Crippen molar-refractivity contribution in [3.8, 4) is 0 Å². The molecule has 4 rings (SSSR count). The summed E-state index contributed by atoms with van der Waals surface area (Å²) in [7, 11) is -3.53. The molecule has 1 heterocycles. The summed E-state index contributed by atoms with van der Waals surface area (Å²) in [5.74, 6) is -1.38. The molecule has 3 atom stereocenters. The lowest BCUT2D eigenvalue weighted by Crippen LogP contribution is -2.55. The summed E-state index contributed by atoms with van der Waals surface area (Å²) in [6, 6.07) is 14.0. The van der Waals surface area contributed by atoms with Crippen molar-refractivity contribution in [2.24, 2.45) is 5.92 Å². The van der Waals surface area contributed by atoms with E-state index in [1.54, 1.807) is 12.1 Å². The predicted molar refractivity (Wildman–Crippen MR) is 131 cm³/mol. The number of sulfonamides is 1. The molecule has 2 aromatic carbocycles. The van der Waals surface area contributed by atoms with Crippen molar-refractivity contribution in [3.05, 3.63) is 71.5 Å². The Morgan fingerprint density at radius 1 is 0.886 bits per heavy atom. The molecule has 0 aromatic heterocycles. The minimum absolute atomic E-state index is 0.0811. The maximum absolute atomic E-state index is 13.2. The monoisotopic (exact) mass is 501 g/mol. The summed E-state index contributed by atoms with van der Waals surface area (Å²) in [6.45, 7) is 0.582. The summed E-state index contributed by atoms with van der Waals surface area (Å²) in [5, 5.41) is 6.08. The molecule has 7 nitrogen and oxygen atoms in total. The molecule has 2 aromatic rings. The van der Waals surface area contributed by atoms with Crippen molar-refractivity contribution in [1.29, 1.82) is 0 Å². The van der Waals surface area contributed by atoms with Crippen molar-refractivity contribution in [1.82, 2.24) is 14.9 Å². The van der Waals surface area contributed by atoms with Crippen LogP contribution in [0.2, 0.25) is 0 Å². The second kappa shape index (κ2) is 11.3. The topological polar surface area (TPSA) is 95.6 Å². The van der Waals surface area contributed by atoms with E-state index in [0.717, 1.165) is 31.2 Å². The van der Waals surface area contributed by atoms with Crippen LogP contribution in [0.25, 0.3) is 0 Å². The summed E-state index contributed by atoms with van der Waals surface area (Å²) in [5.41, 5.74) is 1.09. The van der Waals surface area contributed by atoms with Gasteiger partial charge >= 0.3 is 0 Å². The van der Waals surface area contributed by atoms with Gasteiger partial charge in [-0.1, -0.05) is 43.2 Å². The van der Waals surface area contributed by atoms with E-state index in [1.165, 1.54) is 28.6 Å². The van der Waals surface area contributed by atoms with Crippen LogP contribution in [0.15, 0.2) is 54.6 Å². The van der Waals surface area contributed by atoms with Gasteiger partial charge in [0.1, 0.15) is 5.82 Å². The molecule has 35 heavy (non-hydrogen) atoms. The van der Waals surface area contributed by atoms with E-state index in [0.29, 0.717) is 24.9 Å². The van der Waals surface area contributed by atoms with Gasteiger partial charge in [-0.05, 0) is 55.5 Å². The van der Waals surface area contributed by atoms with E-state index in [-0.39, 0.29) is 36.2 Å². The molecule has 1 saturated carbocycles. The van der Waals surface area contributed by atoms with E-state index < -0.39 is 21.8 Å². The van der Waals surface area contributed by atoms with Gasteiger partial charge in [0.25, 0.3) is 5.91 Å². The van der Waals surface area contributed by atoms with Crippen molar-refractivity contribution < 1.29 is 22.4 Å². The Morgan fingerprint density at radius 2 is 1.54 bits per heavy atom. The summed E-state index contributed by atoms with van der Waals surface area (Å²) in [6.07, 6.45) is 4.61. The van der Waals surface area contributed by atoms with E-state index >= 15 is 0 Å². The van der Waals surface area contributed by atoms with Gasteiger partial charge < -0.3 is 10.6 Å². The zero-order valence-electron chi connectivity index (χ0n) is 19.7. The smallest absolute Gasteiger partial charge is 0.251 e. The minimum atomic E-state index is -3.53. The molecule has 0 spiro atoms. The normalized spacial score (nSPS) is 23.4. The third-order valence-corrected chi connectivity index (χ3v) is 8.67. The van der Waals surface area contributed by atoms with Crippen LogP contribution in [0, 0.1) is 11.7 Å². The fourth-order valence-electron chi connectivity index (χ4n) is 4.92. The SMILES string of the molecule is O=C(N[C@@H]1CCCC[C@H]1NC(=O)[C@H]1CCCN(S(=O)(=O)Cc2ccccc2)C1)c1ccc(F)cc1. The molecular weight excluding hydrogens is 469 g/mol. The molecule has 2 fully saturated rings. The Morgan fingerprint density at radius 3 is 2.23 bits per heavy atom. The van der Waals surface area contributed by atoms with Crippen LogP contribution in [0.3, 0.4) is 0 Å². The summed E-state index contributed by atoms with van der Waals surface area (Å²) >= 11 is 0. The highest BCUT2D eigenvalue weighted by molar-refractivity contribution is 7.88. The molecule has 0 bridgehead atoms. The number of piperidine rings is 1. The Kier molecular flexibility index (Phi) is 8.18. The van der Waals surface area contributed by atoms with E-state index in [9.17, 15) is 22.4 Å². The highest BCUT2D eigenvalue weighted by Crippen LogP contribution is 2.24. The first kappa shape index (κ1) is 25.3. The number of carbonyl (C=O) groups excluding carboxylic acids is 2. The molecule has 2 amide bonds. The molecule has 0 radical (unpaired) electrons. The van der Waals surface area contributed by atoms with Crippen LogP contribution in [0.4, 0.5) is 4.39 Å². The van der Waals surface area contributed by atoms with Crippen molar-refractivity contribution in [2.45, 2.75) is 56.4 Å². The average Bonchev–Trinajstić information content (AvgIpc) is 2.86. The zero-order chi connectivity index (χ0) is 24.8. The molecule has 2 N–H and O–H groups in total. The molecule has 9 heteroatoms. The van der Waals surface area contributed by atoms with E-state index in [4.69, 9.17) is 0 Å². The number of rotatable bonds is 7. The fourth-order valence-corrected chi connectivity index (χ4v) is 6.53. The fraction of sp³-hybridized carbons (Fsp3) is 0.462. The van der Waals surface area contributed by atoms with E-state index in [2.05, 4.69) is 10.6 Å². The summed E-state index contributed by atoms with van der Waals surface area (Å²) < 4.78 is 40.5. The van der Waals surface area contributed by atoms with Gasteiger partial charge in [-0.2, -0.15) is 0 Å². The Labute approximate surface area is 206 Å². The number of nitrogens with one attached hydrogen (secondary N) is 2. The Bertz CT molecular complexity index is 1130. The molecule has 1 aliphatic carbocycles. The van der Waals surface area contributed by atoms with Gasteiger partial charge in [0, 0.05) is 30.7 Å². The zero-order valence-corrected chi connectivity index (χ0v) is 20.5. The molecular formula is C26H32FN3O4S. The highest BCUT2D eigenvalue weighted by atomic mass is 32.2. The highest BCUT2D eigenvalue weighted by Gasteiger charge is 2.35. The first-order chi connectivity index (χ1) is 16.8. The second-order valence-corrected chi connectivity index (χ2v) is 11.4. The lowest BCUT2D eigenvalue weighted by Gasteiger charge is -2.36. The number of amides is 2. The Balaban J connectivity index is 1.36. The molecule has 0 unspecified atom stereocenters. The lowest BCUT2D eigenvalue weighted by molar-refractivity contribution is -0.127. The Hall–Kier alpha value is -2.78. The van der Waals surface area contributed by atoms with Crippen LogP contribution in [-0.2, 0) is 20.6 Å². The van der Waals surface area contributed by atoms with Crippen molar-refractivity contribution >= 4 is 21.8 Å². The number of benzene rings is 2. The van der Waals surface area contributed by atoms with Crippen molar-refractivity contribution in [2.75, 3.05) is 13.1 Å². The molecule has 188 valence electrons. The molecule has 1 saturated heterocycles. The molecule has 2 aliphatic rings. The quantitative estimate of drug-likeness (QED) is 0.609. The van der Waals surface area contributed by atoms with Gasteiger partial charge in [0.05, 0.1) is 11.7 Å². The van der Waals surface area contributed by atoms with Crippen molar-refractivity contribution in [3.63, 3.8) is 0 Å². The molecule has 1 aliphatic heterocycles. The number of hydrogen-bond donors (Lipinski definition) is 2. The number of hydrogen-bond acceptors (Lipinski definition) is 4. The van der Waals surface area contributed by atoms with Gasteiger partial charge in [-0.15, -0.1) is 0 Å².